The molecule has 1 rings (SSSR count). The minimum absolute atomic E-state index is 0.229. The number of hydrogen-bond donors (Lipinski definition) is 0. The predicted molar refractivity (Wildman–Crippen MR) is 36.0 cm³/mol. The maximum absolute atomic E-state index is 12.3. The van der Waals surface area contributed by atoms with Gasteiger partial charge in [-0.05, 0) is 17.7 Å². The number of halogens is 2. The van der Waals surface area contributed by atoms with Crippen molar-refractivity contribution in [3.63, 3.8) is 0 Å². The van der Waals surface area contributed by atoms with Gasteiger partial charge in [-0.2, -0.15) is 0 Å². The number of benzene rings is 1. The van der Waals surface area contributed by atoms with Crippen LogP contribution < -0.4 is 0 Å². The summed E-state index contributed by atoms with van der Waals surface area (Å²) < 4.78 is 12.3. The SMILES string of the molecule is Fc1cccc(C[37Cl])c1. The zero-order valence-corrected chi connectivity index (χ0v) is 5.53. The lowest BCUT2D eigenvalue weighted by Gasteiger charge is -1.91. The van der Waals surface area contributed by atoms with Gasteiger partial charge in [0.15, 0.2) is 0 Å². The van der Waals surface area contributed by atoms with E-state index in [4.69, 9.17) is 11.6 Å². The highest BCUT2D eigenvalue weighted by molar-refractivity contribution is 6.17. The van der Waals surface area contributed by atoms with E-state index in [0.717, 1.165) is 5.56 Å². The summed E-state index contributed by atoms with van der Waals surface area (Å²) in [5.74, 6) is 0.144. The van der Waals surface area contributed by atoms with Gasteiger partial charge in [-0.25, -0.2) is 4.39 Å². The van der Waals surface area contributed by atoms with E-state index in [-0.39, 0.29) is 5.82 Å². The fourth-order valence-electron chi connectivity index (χ4n) is 0.620. The summed E-state index contributed by atoms with van der Waals surface area (Å²) in [7, 11) is 0. The molecular formula is C7H6ClF. The number of hydrogen-bond acceptors (Lipinski definition) is 0. The van der Waals surface area contributed by atoms with E-state index >= 15 is 0 Å². The van der Waals surface area contributed by atoms with Crippen LogP contribution in [-0.4, -0.2) is 0 Å². The highest BCUT2D eigenvalue weighted by Gasteiger charge is 1.90. The predicted octanol–water partition coefficient (Wildman–Crippen LogP) is 2.56. The summed E-state index contributed by atoms with van der Waals surface area (Å²) in [6.07, 6.45) is 0. The zero-order valence-electron chi connectivity index (χ0n) is 4.77. The molecule has 0 saturated carbocycles. The molecule has 1 aromatic carbocycles. The quantitative estimate of drug-likeness (QED) is 0.534. The van der Waals surface area contributed by atoms with Gasteiger partial charge in [0.25, 0.3) is 0 Å². The molecule has 0 fully saturated rings. The van der Waals surface area contributed by atoms with Crippen LogP contribution >= 0.6 is 11.6 Å². The topological polar surface area (TPSA) is 0 Å². The van der Waals surface area contributed by atoms with Crippen molar-refractivity contribution in [1.29, 1.82) is 0 Å². The Labute approximate surface area is 58.3 Å². The fraction of sp³-hybridized carbons (Fsp3) is 0.143. The summed E-state index contributed by atoms with van der Waals surface area (Å²) in [6, 6.07) is 6.26. The van der Waals surface area contributed by atoms with Crippen LogP contribution in [0.25, 0.3) is 0 Å². The van der Waals surface area contributed by atoms with Crippen LogP contribution in [0.15, 0.2) is 24.3 Å². The van der Waals surface area contributed by atoms with Crippen molar-refractivity contribution in [1.82, 2.24) is 0 Å². The molecule has 0 bridgehead atoms. The fourth-order valence-corrected chi connectivity index (χ4v) is 0.786. The average molecular weight is 146 g/mol. The van der Waals surface area contributed by atoms with Crippen molar-refractivity contribution in [2.75, 3.05) is 0 Å². The Hall–Kier alpha value is -0.560. The second-order valence-corrected chi connectivity index (χ2v) is 2.03. The summed E-state index contributed by atoms with van der Waals surface area (Å²) in [6.45, 7) is 0. The van der Waals surface area contributed by atoms with Gasteiger partial charge in [0, 0.05) is 5.88 Å². The molecule has 0 amide bonds. The third-order valence-electron chi connectivity index (χ3n) is 1.04. The molecule has 1 aromatic rings. The molecule has 0 atom stereocenters. The van der Waals surface area contributed by atoms with E-state index in [0.29, 0.717) is 5.88 Å². The molecule has 0 unspecified atom stereocenters. The summed E-state index contributed by atoms with van der Waals surface area (Å²) in [5, 5.41) is 0. The van der Waals surface area contributed by atoms with Gasteiger partial charge in [-0.3, -0.25) is 0 Å². The summed E-state index contributed by atoms with van der Waals surface area (Å²) in [5.41, 5.74) is 0.816. The third-order valence-corrected chi connectivity index (χ3v) is 1.35. The van der Waals surface area contributed by atoms with Crippen molar-refractivity contribution < 1.29 is 4.39 Å². The van der Waals surface area contributed by atoms with Gasteiger partial charge in [-0.1, -0.05) is 12.1 Å². The molecule has 0 saturated heterocycles. The maximum atomic E-state index is 12.3. The standard InChI is InChI=1S/C7H6ClF/c8-5-6-2-1-3-7(9)4-6/h1-4H,5H2/i8+2. The third kappa shape index (κ3) is 1.68. The zero-order chi connectivity index (χ0) is 6.69. The Bertz CT molecular complexity index is 198. The van der Waals surface area contributed by atoms with Crippen molar-refractivity contribution in [3.05, 3.63) is 35.6 Å². The molecule has 0 aliphatic rings. The van der Waals surface area contributed by atoms with Crippen LogP contribution in [-0.2, 0) is 5.88 Å². The van der Waals surface area contributed by atoms with E-state index in [9.17, 15) is 4.39 Å². The lowest BCUT2D eigenvalue weighted by atomic mass is 10.2. The summed E-state index contributed by atoms with van der Waals surface area (Å²) in [4.78, 5) is 0. The van der Waals surface area contributed by atoms with Crippen LogP contribution in [0.4, 0.5) is 4.39 Å². The van der Waals surface area contributed by atoms with Crippen LogP contribution in [0.3, 0.4) is 0 Å². The first-order valence-electron chi connectivity index (χ1n) is 2.63. The Morgan fingerprint density at radius 1 is 1.44 bits per heavy atom. The molecule has 0 aliphatic heterocycles. The van der Waals surface area contributed by atoms with Gasteiger partial charge in [0.2, 0.25) is 0 Å². The second kappa shape index (κ2) is 2.83. The highest BCUT2D eigenvalue weighted by atomic mass is 37.0. The van der Waals surface area contributed by atoms with E-state index in [1.807, 2.05) is 0 Å². The first-order valence-corrected chi connectivity index (χ1v) is 3.17. The van der Waals surface area contributed by atoms with E-state index in [1.54, 1.807) is 12.1 Å². The normalized spacial score (nSPS) is 9.56. The van der Waals surface area contributed by atoms with Gasteiger partial charge in [0.1, 0.15) is 5.82 Å². The minimum Gasteiger partial charge on any atom is -0.207 e. The van der Waals surface area contributed by atoms with Crippen molar-refractivity contribution >= 4 is 11.6 Å². The van der Waals surface area contributed by atoms with Crippen molar-refractivity contribution in [2.24, 2.45) is 0 Å². The molecule has 9 heavy (non-hydrogen) atoms. The van der Waals surface area contributed by atoms with Gasteiger partial charge in [-0.15, -0.1) is 11.6 Å². The molecule has 0 radical (unpaired) electrons. The Kier molecular flexibility index (Phi) is 2.06. The largest absolute Gasteiger partial charge is 0.207 e. The first kappa shape index (κ1) is 6.56. The molecule has 0 spiro atoms. The van der Waals surface area contributed by atoms with E-state index in [1.165, 1.54) is 12.1 Å². The van der Waals surface area contributed by atoms with Crippen LogP contribution in [0.5, 0.6) is 0 Å². The Balaban J connectivity index is 2.94. The van der Waals surface area contributed by atoms with Crippen LogP contribution in [0.1, 0.15) is 5.56 Å². The minimum atomic E-state index is -0.229. The lowest BCUT2D eigenvalue weighted by molar-refractivity contribution is 0.626. The maximum Gasteiger partial charge on any atom is 0.123 e. The molecule has 2 heteroatoms. The molecular weight excluding hydrogens is 140 g/mol. The molecule has 48 valence electrons. The van der Waals surface area contributed by atoms with E-state index < -0.39 is 0 Å². The molecule has 0 N–H and O–H groups in total. The van der Waals surface area contributed by atoms with Gasteiger partial charge < -0.3 is 0 Å². The Morgan fingerprint density at radius 3 is 2.67 bits per heavy atom. The number of alkyl halides is 1. The summed E-state index contributed by atoms with van der Waals surface area (Å²) >= 11 is 5.43. The van der Waals surface area contributed by atoms with Crippen LogP contribution in [0.2, 0.25) is 0 Å². The second-order valence-electron chi connectivity index (χ2n) is 1.76. The first-order chi connectivity index (χ1) is 4.33. The van der Waals surface area contributed by atoms with Gasteiger partial charge in [0.05, 0.1) is 0 Å². The van der Waals surface area contributed by atoms with E-state index in [2.05, 4.69) is 0 Å². The number of rotatable bonds is 1. The van der Waals surface area contributed by atoms with Crippen molar-refractivity contribution in [3.8, 4) is 0 Å². The highest BCUT2D eigenvalue weighted by Crippen LogP contribution is 2.05. The van der Waals surface area contributed by atoms with Crippen molar-refractivity contribution in [2.45, 2.75) is 5.88 Å². The average Bonchev–Trinajstić information content (AvgIpc) is 1.88. The Morgan fingerprint density at radius 2 is 2.22 bits per heavy atom. The monoisotopic (exact) mass is 146 g/mol. The smallest absolute Gasteiger partial charge is 0.123 e. The van der Waals surface area contributed by atoms with Gasteiger partial charge >= 0.3 is 0 Å². The lowest BCUT2D eigenvalue weighted by Crippen LogP contribution is -1.77. The molecule has 0 aromatic heterocycles. The van der Waals surface area contributed by atoms with Crippen LogP contribution in [0, 0.1) is 5.82 Å². The molecule has 0 aliphatic carbocycles. The molecule has 0 heterocycles. The molecule has 0 nitrogen and oxygen atoms in total.